The minimum Gasteiger partial charge on any atom is -0.396 e. The Labute approximate surface area is 92.5 Å². The van der Waals surface area contributed by atoms with Gasteiger partial charge in [0.05, 0.1) is 17.1 Å². The molecule has 0 unspecified atom stereocenters. The molecule has 0 radical (unpaired) electrons. The molecule has 0 aliphatic heterocycles. The van der Waals surface area contributed by atoms with E-state index in [-0.39, 0.29) is 0 Å². The van der Waals surface area contributed by atoms with Crippen LogP contribution in [0.15, 0.2) is 6.33 Å². The molecule has 0 fully saturated rings. The number of alkyl halides is 2. The van der Waals surface area contributed by atoms with Crippen molar-refractivity contribution in [2.45, 2.75) is 8.86 Å². The van der Waals surface area contributed by atoms with Crippen LogP contribution < -0.4 is 5.73 Å². The lowest BCUT2D eigenvalue weighted by molar-refractivity contribution is 1.05. The second kappa shape index (κ2) is 4.39. The summed E-state index contributed by atoms with van der Waals surface area (Å²) in [6.45, 7) is 0. The zero-order valence-electron chi connectivity index (χ0n) is 5.72. The number of hydrogen-bond acceptors (Lipinski definition) is 3. The largest absolute Gasteiger partial charge is 0.396 e. The van der Waals surface area contributed by atoms with Crippen molar-refractivity contribution in [1.29, 1.82) is 0 Å². The molecular weight excluding hydrogens is 368 g/mol. The zero-order chi connectivity index (χ0) is 8.27. The van der Waals surface area contributed by atoms with Gasteiger partial charge in [-0.2, -0.15) is 0 Å². The molecule has 11 heavy (non-hydrogen) atoms. The Balaban J connectivity index is 3.10. The molecule has 0 spiro atoms. The number of anilines is 1. The summed E-state index contributed by atoms with van der Waals surface area (Å²) in [6, 6.07) is 0. The van der Waals surface area contributed by atoms with Crippen molar-refractivity contribution in [3.05, 3.63) is 17.7 Å². The van der Waals surface area contributed by atoms with Crippen LogP contribution in [0.3, 0.4) is 0 Å². The minimum absolute atomic E-state index is 0.747. The van der Waals surface area contributed by atoms with Crippen LogP contribution in [0.2, 0.25) is 0 Å². The maximum atomic E-state index is 5.77. The Morgan fingerprint density at radius 1 is 1.18 bits per heavy atom. The summed E-state index contributed by atoms with van der Waals surface area (Å²) in [6.07, 6.45) is 1.57. The Hall–Kier alpha value is 0.340. The molecule has 1 heterocycles. The van der Waals surface area contributed by atoms with Crippen LogP contribution in [-0.4, -0.2) is 9.97 Å². The van der Waals surface area contributed by atoms with Gasteiger partial charge in [-0.1, -0.05) is 45.2 Å². The van der Waals surface area contributed by atoms with E-state index in [9.17, 15) is 0 Å². The van der Waals surface area contributed by atoms with Gasteiger partial charge in [-0.05, 0) is 0 Å². The number of hydrogen-bond donors (Lipinski definition) is 1. The molecule has 60 valence electrons. The van der Waals surface area contributed by atoms with Gasteiger partial charge in [0.25, 0.3) is 0 Å². The fourth-order valence-corrected chi connectivity index (χ4v) is 1.90. The second-order valence-corrected chi connectivity index (χ2v) is 3.47. The van der Waals surface area contributed by atoms with Crippen LogP contribution in [0.1, 0.15) is 11.4 Å². The van der Waals surface area contributed by atoms with Crippen LogP contribution in [0.5, 0.6) is 0 Å². The van der Waals surface area contributed by atoms with Gasteiger partial charge in [0, 0.05) is 8.86 Å². The topological polar surface area (TPSA) is 51.8 Å². The summed E-state index contributed by atoms with van der Waals surface area (Å²) >= 11 is 4.48. The maximum absolute atomic E-state index is 5.77. The van der Waals surface area contributed by atoms with Crippen molar-refractivity contribution >= 4 is 50.9 Å². The summed E-state index contributed by atoms with van der Waals surface area (Å²) in [7, 11) is 0. The van der Waals surface area contributed by atoms with Crippen molar-refractivity contribution in [2.24, 2.45) is 0 Å². The fourth-order valence-electron chi connectivity index (χ4n) is 0.687. The van der Waals surface area contributed by atoms with E-state index in [1.807, 2.05) is 0 Å². The minimum atomic E-state index is 0.747. The van der Waals surface area contributed by atoms with E-state index < -0.39 is 0 Å². The molecule has 0 amide bonds. The first-order valence-corrected chi connectivity index (χ1v) is 6.05. The fraction of sp³-hybridized carbons (Fsp3) is 0.333. The molecule has 0 aliphatic carbocycles. The third-order valence-corrected chi connectivity index (χ3v) is 2.75. The number of rotatable bonds is 2. The normalized spacial score (nSPS) is 10.0. The van der Waals surface area contributed by atoms with Gasteiger partial charge in [0.2, 0.25) is 0 Å². The van der Waals surface area contributed by atoms with E-state index in [4.69, 9.17) is 5.73 Å². The highest BCUT2D eigenvalue weighted by atomic mass is 127. The smallest absolute Gasteiger partial charge is 0.116 e. The van der Waals surface area contributed by atoms with Gasteiger partial charge in [0.15, 0.2) is 0 Å². The molecule has 3 nitrogen and oxygen atoms in total. The zero-order valence-corrected chi connectivity index (χ0v) is 10.0. The standard InChI is InChI=1S/C6H7I2N3/c7-1-4-6(9)5(2-8)11-3-10-4/h3H,1-2,9H2. The lowest BCUT2D eigenvalue weighted by Gasteiger charge is -2.03. The highest BCUT2D eigenvalue weighted by molar-refractivity contribution is 14.1. The van der Waals surface area contributed by atoms with E-state index in [2.05, 4.69) is 55.1 Å². The number of nitrogens with two attached hydrogens (primary N) is 1. The highest BCUT2D eigenvalue weighted by Gasteiger charge is 2.04. The molecule has 0 bridgehead atoms. The lowest BCUT2D eigenvalue weighted by atomic mass is 10.3. The van der Waals surface area contributed by atoms with Crippen molar-refractivity contribution in [2.75, 3.05) is 5.73 Å². The molecule has 1 aromatic heterocycles. The van der Waals surface area contributed by atoms with Gasteiger partial charge in [-0.25, -0.2) is 9.97 Å². The number of nitrogen functional groups attached to an aromatic ring is 1. The molecular formula is C6H7I2N3. The molecule has 1 rings (SSSR count). The molecule has 0 saturated carbocycles. The first-order valence-electron chi connectivity index (χ1n) is 2.99. The highest BCUT2D eigenvalue weighted by Crippen LogP contribution is 2.17. The number of nitrogens with zero attached hydrogens (tertiary/aromatic N) is 2. The summed E-state index contributed by atoms with van der Waals surface area (Å²) in [5.41, 5.74) is 8.39. The van der Waals surface area contributed by atoms with E-state index >= 15 is 0 Å². The summed E-state index contributed by atoms with van der Waals surface area (Å²) in [4.78, 5) is 8.12. The Bertz CT molecular complexity index is 229. The van der Waals surface area contributed by atoms with Gasteiger partial charge in [-0.15, -0.1) is 0 Å². The second-order valence-electron chi connectivity index (χ2n) is 1.95. The van der Waals surface area contributed by atoms with E-state index in [1.165, 1.54) is 0 Å². The average molecular weight is 375 g/mol. The molecule has 0 saturated heterocycles. The van der Waals surface area contributed by atoms with E-state index in [0.717, 1.165) is 25.9 Å². The molecule has 1 aromatic rings. The van der Waals surface area contributed by atoms with Crippen LogP contribution >= 0.6 is 45.2 Å². The Morgan fingerprint density at radius 3 is 2.00 bits per heavy atom. The van der Waals surface area contributed by atoms with Crippen molar-refractivity contribution < 1.29 is 0 Å². The first kappa shape index (κ1) is 9.43. The monoisotopic (exact) mass is 375 g/mol. The predicted octanol–water partition coefficient (Wildman–Crippen LogP) is 1.93. The summed E-state index contributed by atoms with van der Waals surface area (Å²) in [5.74, 6) is 0. The predicted molar refractivity (Wildman–Crippen MR) is 61.9 cm³/mol. The quantitative estimate of drug-likeness (QED) is 0.635. The summed E-state index contributed by atoms with van der Waals surface area (Å²) < 4.78 is 1.69. The summed E-state index contributed by atoms with van der Waals surface area (Å²) in [5, 5.41) is 0. The van der Waals surface area contributed by atoms with Gasteiger partial charge in [0.1, 0.15) is 6.33 Å². The van der Waals surface area contributed by atoms with Gasteiger partial charge in [-0.3, -0.25) is 0 Å². The third kappa shape index (κ3) is 2.14. The van der Waals surface area contributed by atoms with Crippen LogP contribution in [0.25, 0.3) is 0 Å². The average Bonchev–Trinajstić information content (AvgIpc) is 2.05. The lowest BCUT2D eigenvalue weighted by Crippen LogP contribution is -2.01. The number of aromatic nitrogens is 2. The molecule has 5 heteroatoms. The van der Waals surface area contributed by atoms with Crippen molar-refractivity contribution in [3.63, 3.8) is 0 Å². The van der Waals surface area contributed by atoms with Crippen molar-refractivity contribution in [3.8, 4) is 0 Å². The third-order valence-electron chi connectivity index (χ3n) is 1.30. The number of halogens is 2. The maximum Gasteiger partial charge on any atom is 0.116 e. The van der Waals surface area contributed by atoms with Gasteiger partial charge >= 0.3 is 0 Å². The van der Waals surface area contributed by atoms with Crippen molar-refractivity contribution in [1.82, 2.24) is 9.97 Å². The van der Waals surface area contributed by atoms with E-state index in [1.54, 1.807) is 6.33 Å². The Morgan fingerprint density at radius 2 is 1.64 bits per heavy atom. The Kier molecular flexibility index (Phi) is 3.76. The van der Waals surface area contributed by atoms with Crippen LogP contribution in [0, 0.1) is 0 Å². The molecule has 0 aromatic carbocycles. The SMILES string of the molecule is Nc1c(CI)ncnc1CI. The molecule has 2 N–H and O–H groups in total. The van der Waals surface area contributed by atoms with Crippen LogP contribution in [-0.2, 0) is 8.86 Å². The van der Waals surface area contributed by atoms with E-state index in [0.29, 0.717) is 0 Å². The molecule has 0 atom stereocenters. The van der Waals surface area contributed by atoms with Gasteiger partial charge < -0.3 is 5.73 Å². The first-order chi connectivity index (χ1) is 5.29. The molecule has 0 aliphatic rings. The van der Waals surface area contributed by atoms with Crippen LogP contribution in [0.4, 0.5) is 5.69 Å².